The smallest absolute Gasteiger partial charge is 0.444 e. The van der Waals surface area contributed by atoms with Gasteiger partial charge >= 0.3 is 13.2 Å². The monoisotopic (exact) mass is 474 g/mol. The molecule has 0 unspecified atom stereocenters. The molecule has 0 radical (unpaired) electrons. The van der Waals surface area contributed by atoms with Crippen molar-refractivity contribution < 1.29 is 32.4 Å². The number of benzene rings is 2. The van der Waals surface area contributed by atoms with Gasteiger partial charge in [0, 0.05) is 13.0 Å². The molecule has 1 heterocycles. The van der Waals surface area contributed by atoms with Crippen LogP contribution in [-0.4, -0.2) is 38.2 Å². The van der Waals surface area contributed by atoms with E-state index in [-0.39, 0.29) is 17.9 Å². The molecule has 0 saturated carbocycles. The summed E-state index contributed by atoms with van der Waals surface area (Å²) in [7, 11) is -5.00. The van der Waals surface area contributed by atoms with Crippen molar-refractivity contribution >= 4 is 34.6 Å². The Morgan fingerprint density at radius 1 is 1.12 bits per heavy atom. The van der Waals surface area contributed by atoms with Gasteiger partial charge in [0.05, 0.1) is 11.5 Å². The molecule has 0 aromatic heterocycles. The molecule has 2 aromatic rings. The second-order valence-electron chi connectivity index (χ2n) is 8.72. The van der Waals surface area contributed by atoms with Crippen LogP contribution in [0.2, 0.25) is 0 Å². The maximum atomic E-state index is 12.5. The van der Waals surface area contributed by atoms with E-state index in [1.807, 2.05) is 12.1 Å². The van der Waals surface area contributed by atoms with Crippen molar-refractivity contribution in [2.75, 3.05) is 0 Å². The van der Waals surface area contributed by atoms with E-state index in [1.165, 1.54) is 12.1 Å². The zero-order chi connectivity index (χ0) is 24.2. The summed E-state index contributed by atoms with van der Waals surface area (Å²) in [5.74, 6) is -0.636. The minimum Gasteiger partial charge on any atom is -0.444 e. The number of sulfonamides is 1. The predicted octanol–water partition coefficient (Wildman–Crippen LogP) is 1.37. The largest absolute Gasteiger partial charge is 0.491 e. The van der Waals surface area contributed by atoms with Gasteiger partial charge in [0.15, 0.2) is 0 Å². The number of rotatable bonds is 7. The lowest BCUT2D eigenvalue weighted by Crippen LogP contribution is -2.32. The molecule has 33 heavy (non-hydrogen) atoms. The first-order valence-corrected chi connectivity index (χ1v) is 11.9. The second-order valence-corrected chi connectivity index (χ2v) is 10.4. The van der Waals surface area contributed by atoms with Crippen LogP contribution < -0.4 is 15.5 Å². The first-order valence-electron chi connectivity index (χ1n) is 10.5. The normalized spacial score (nSPS) is 13.4. The van der Waals surface area contributed by atoms with Gasteiger partial charge in [-0.3, -0.25) is 4.79 Å². The van der Waals surface area contributed by atoms with Gasteiger partial charge in [0.2, 0.25) is 5.91 Å². The van der Waals surface area contributed by atoms with Crippen LogP contribution in [0, 0.1) is 0 Å². The van der Waals surface area contributed by atoms with Crippen LogP contribution in [0.15, 0.2) is 47.4 Å². The number of hydrogen-bond donors (Lipinski definition) is 3. The molecule has 3 N–H and O–H groups in total. The van der Waals surface area contributed by atoms with Gasteiger partial charge in [-0.25, -0.2) is 17.9 Å². The van der Waals surface area contributed by atoms with Crippen molar-refractivity contribution in [1.29, 1.82) is 0 Å². The fourth-order valence-corrected chi connectivity index (χ4v) is 4.23. The van der Waals surface area contributed by atoms with Crippen molar-refractivity contribution in [1.82, 2.24) is 10.0 Å². The Kier molecular flexibility index (Phi) is 7.46. The van der Waals surface area contributed by atoms with Crippen LogP contribution in [0.25, 0.3) is 0 Å². The van der Waals surface area contributed by atoms with E-state index in [2.05, 4.69) is 10.0 Å². The van der Waals surface area contributed by atoms with E-state index in [1.54, 1.807) is 39.0 Å². The SMILES string of the molecule is CC(C)(C)OC(=O)NCc1ccc(S(=O)(=O)NC(=O)CCc2ccc3c(c2)B(O)OC3)cc1. The maximum Gasteiger partial charge on any atom is 0.491 e. The lowest BCUT2D eigenvalue weighted by atomic mass is 9.78. The highest BCUT2D eigenvalue weighted by atomic mass is 32.2. The lowest BCUT2D eigenvalue weighted by molar-refractivity contribution is -0.119. The number of alkyl carbamates (subject to hydrolysis) is 1. The van der Waals surface area contributed by atoms with Gasteiger partial charge in [-0.2, -0.15) is 0 Å². The van der Waals surface area contributed by atoms with Crippen molar-refractivity contribution in [3.63, 3.8) is 0 Å². The van der Waals surface area contributed by atoms with Gasteiger partial charge in [-0.05, 0) is 61.5 Å². The summed E-state index contributed by atoms with van der Waals surface area (Å²) < 4.78 is 37.4. The molecule has 0 bridgehead atoms. The Morgan fingerprint density at radius 3 is 2.45 bits per heavy atom. The van der Waals surface area contributed by atoms with Gasteiger partial charge in [-0.1, -0.05) is 30.3 Å². The lowest BCUT2D eigenvalue weighted by Gasteiger charge is -2.19. The molecule has 1 aliphatic heterocycles. The molecule has 1 aliphatic rings. The number of amides is 2. The molecular weight excluding hydrogens is 447 g/mol. The standard InChI is InChI=1S/C22H27BN2O7S/c1-22(2,3)32-21(27)24-13-16-5-9-18(10-6-16)33(29,30)25-20(26)11-7-15-4-8-17-14-31-23(28)19(17)12-15/h4-6,8-10,12,28H,7,11,13-14H2,1-3H3,(H,24,27)(H,25,26). The zero-order valence-corrected chi connectivity index (χ0v) is 19.6. The maximum absolute atomic E-state index is 12.5. The molecule has 3 rings (SSSR count). The molecule has 2 aromatic carbocycles. The second kappa shape index (κ2) is 9.94. The molecule has 0 fully saturated rings. The minimum atomic E-state index is -4.03. The summed E-state index contributed by atoms with van der Waals surface area (Å²) in [6.45, 7) is 5.77. The Balaban J connectivity index is 1.52. The van der Waals surface area contributed by atoms with E-state index in [0.29, 0.717) is 24.1 Å². The van der Waals surface area contributed by atoms with Crippen molar-refractivity contribution in [2.24, 2.45) is 0 Å². The molecule has 0 saturated heterocycles. The Morgan fingerprint density at radius 2 is 1.79 bits per heavy atom. The van der Waals surface area contributed by atoms with Gasteiger partial charge in [0.1, 0.15) is 5.60 Å². The first kappa shape index (κ1) is 24.8. The van der Waals surface area contributed by atoms with E-state index in [4.69, 9.17) is 9.39 Å². The molecule has 9 nitrogen and oxygen atoms in total. The fraction of sp³-hybridized carbons (Fsp3) is 0.364. The fourth-order valence-electron chi connectivity index (χ4n) is 3.21. The number of hydrogen-bond acceptors (Lipinski definition) is 7. The third kappa shape index (κ3) is 7.05. The summed E-state index contributed by atoms with van der Waals surface area (Å²) in [5.41, 5.74) is 2.42. The van der Waals surface area contributed by atoms with Crippen LogP contribution >= 0.6 is 0 Å². The number of aryl methyl sites for hydroxylation is 1. The quantitative estimate of drug-likeness (QED) is 0.517. The van der Waals surface area contributed by atoms with Crippen LogP contribution in [0.5, 0.6) is 0 Å². The molecule has 2 amide bonds. The summed E-state index contributed by atoms with van der Waals surface area (Å²) in [6, 6.07) is 11.2. The van der Waals surface area contributed by atoms with Crippen molar-refractivity contribution in [3.8, 4) is 0 Å². The van der Waals surface area contributed by atoms with E-state index >= 15 is 0 Å². The molecule has 176 valence electrons. The number of nitrogens with one attached hydrogen (secondary N) is 2. The highest BCUT2D eigenvalue weighted by Gasteiger charge is 2.27. The number of carbonyl (C=O) groups excluding carboxylic acids is 2. The Bertz CT molecular complexity index is 1130. The van der Waals surface area contributed by atoms with Gasteiger partial charge in [-0.15, -0.1) is 0 Å². The van der Waals surface area contributed by atoms with E-state index < -0.39 is 34.7 Å². The highest BCUT2D eigenvalue weighted by Crippen LogP contribution is 2.14. The van der Waals surface area contributed by atoms with Crippen LogP contribution in [-0.2, 0) is 43.8 Å². The molecule has 0 atom stereocenters. The molecular formula is C22H27BN2O7S. The summed E-state index contributed by atoms with van der Waals surface area (Å²) in [6.07, 6.45) is -0.291. The zero-order valence-electron chi connectivity index (χ0n) is 18.8. The third-order valence-corrected chi connectivity index (χ3v) is 6.22. The van der Waals surface area contributed by atoms with Gasteiger partial charge < -0.3 is 19.7 Å². The summed E-state index contributed by atoms with van der Waals surface area (Å²) in [4.78, 5) is 23.9. The summed E-state index contributed by atoms with van der Waals surface area (Å²) >= 11 is 0. The number of fused-ring (bicyclic) bond motifs is 1. The molecule has 11 heteroatoms. The Labute approximate surface area is 193 Å². The average molecular weight is 474 g/mol. The van der Waals surface area contributed by atoms with Crippen molar-refractivity contribution in [3.05, 3.63) is 59.2 Å². The van der Waals surface area contributed by atoms with Crippen molar-refractivity contribution in [2.45, 2.75) is 57.3 Å². The van der Waals surface area contributed by atoms with Crippen LogP contribution in [0.3, 0.4) is 0 Å². The minimum absolute atomic E-state index is 0.0349. The number of ether oxygens (including phenoxy) is 1. The van der Waals surface area contributed by atoms with Crippen LogP contribution in [0.1, 0.15) is 43.9 Å². The molecule has 0 aliphatic carbocycles. The van der Waals surface area contributed by atoms with Crippen LogP contribution in [0.4, 0.5) is 4.79 Å². The highest BCUT2D eigenvalue weighted by molar-refractivity contribution is 7.90. The van der Waals surface area contributed by atoms with E-state index in [0.717, 1.165) is 11.1 Å². The van der Waals surface area contributed by atoms with Gasteiger partial charge in [0.25, 0.3) is 10.0 Å². The Hall–Kier alpha value is -2.89. The third-order valence-electron chi connectivity index (χ3n) is 4.83. The molecule has 0 spiro atoms. The first-order chi connectivity index (χ1) is 15.4. The number of carbonyl (C=O) groups is 2. The average Bonchev–Trinajstić information content (AvgIpc) is 3.10. The predicted molar refractivity (Wildman–Crippen MR) is 122 cm³/mol. The summed E-state index contributed by atoms with van der Waals surface area (Å²) in [5, 5.41) is 12.4. The van der Waals surface area contributed by atoms with E-state index in [9.17, 15) is 23.0 Å². The topological polar surface area (TPSA) is 131 Å².